The molecule has 3 rings (SSSR count). The molecule has 0 saturated carbocycles. The number of rotatable bonds is 6. The Kier molecular flexibility index (Phi) is 6.07. The lowest BCUT2D eigenvalue weighted by Crippen LogP contribution is -2.38. The van der Waals surface area contributed by atoms with Crippen molar-refractivity contribution in [2.45, 2.75) is 13.8 Å². The van der Waals surface area contributed by atoms with Crippen LogP contribution in [0.3, 0.4) is 0 Å². The number of carbonyl (C=O) groups excluding carboxylic acids is 1. The minimum atomic E-state index is -0.864. The maximum absolute atomic E-state index is 14.6. The molecule has 0 spiro atoms. The Labute approximate surface area is 175 Å². The van der Waals surface area contributed by atoms with Gasteiger partial charge in [0.05, 0.1) is 10.7 Å². The molecular weight excluding hydrogens is 415 g/mol. The molecule has 0 radical (unpaired) electrons. The van der Waals surface area contributed by atoms with Crippen LogP contribution in [0.25, 0.3) is 5.69 Å². The van der Waals surface area contributed by atoms with Crippen molar-refractivity contribution in [3.05, 3.63) is 79.8 Å². The quantitative estimate of drug-likeness (QED) is 0.596. The largest absolute Gasteiger partial charge is 0.482 e. The second-order valence-corrected chi connectivity index (χ2v) is 6.98. The van der Waals surface area contributed by atoms with Gasteiger partial charge in [0.25, 0.3) is 5.56 Å². The van der Waals surface area contributed by atoms with Gasteiger partial charge in [0.1, 0.15) is 18.2 Å². The predicted molar refractivity (Wildman–Crippen MR) is 110 cm³/mol. The summed E-state index contributed by atoms with van der Waals surface area (Å²) in [7, 11) is 1.47. The number of halogens is 2. The highest BCUT2D eigenvalue weighted by Crippen LogP contribution is 2.36. The van der Waals surface area contributed by atoms with Gasteiger partial charge in [-0.15, -0.1) is 0 Å². The number of aromatic nitrogens is 2. The topological polar surface area (TPSA) is 79.5 Å². The number of hydrogen-bond donors (Lipinski definition) is 0. The highest BCUT2D eigenvalue weighted by molar-refractivity contribution is 6.32. The summed E-state index contributed by atoms with van der Waals surface area (Å²) in [6.07, 6.45) is 0. The van der Waals surface area contributed by atoms with Crippen LogP contribution in [0.5, 0.6) is 17.2 Å². The molecule has 0 amide bonds. The van der Waals surface area contributed by atoms with Crippen LogP contribution < -0.4 is 20.7 Å². The van der Waals surface area contributed by atoms with E-state index in [2.05, 4.69) is 0 Å². The third-order valence-corrected chi connectivity index (χ3v) is 4.60. The van der Waals surface area contributed by atoms with Crippen LogP contribution in [0, 0.1) is 12.7 Å². The van der Waals surface area contributed by atoms with Gasteiger partial charge in [0.2, 0.25) is 0 Å². The zero-order valence-corrected chi connectivity index (χ0v) is 17.2. The summed E-state index contributed by atoms with van der Waals surface area (Å²) >= 11 is 6.12. The molecule has 2 aromatic carbocycles. The smallest absolute Gasteiger partial charge is 0.335 e. The Morgan fingerprint density at radius 1 is 1.10 bits per heavy atom. The summed E-state index contributed by atoms with van der Waals surface area (Å²) < 4.78 is 27.7. The second-order valence-electron chi connectivity index (χ2n) is 6.57. The number of ketones is 1. The second kappa shape index (κ2) is 8.54. The number of aryl methyl sites for hydroxylation is 1. The molecule has 0 fully saturated rings. The van der Waals surface area contributed by atoms with Crippen molar-refractivity contribution in [2.24, 2.45) is 7.05 Å². The molecule has 0 unspecified atom stereocenters. The van der Waals surface area contributed by atoms with E-state index in [0.29, 0.717) is 10.3 Å². The molecule has 0 aliphatic carbocycles. The average Bonchev–Trinajstić information content (AvgIpc) is 2.68. The van der Waals surface area contributed by atoms with Crippen LogP contribution in [0.1, 0.15) is 12.6 Å². The molecule has 156 valence electrons. The number of hydrogen-bond acceptors (Lipinski definition) is 5. The van der Waals surface area contributed by atoms with Gasteiger partial charge < -0.3 is 14.0 Å². The van der Waals surface area contributed by atoms with E-state index in [1.807, 2.05) is 0 Å². The van der Waals surface area contributed by atoms with E-state index in [1.165, 1.54) is 24.6 Å². The molecular formula is C21H18ClFN2O5. The minimum absolute atomic E-state index is 0.00136. The molecule has 1 heterocycles. The number of para-hydroxylation sites is 2. The zero-order chi connectivity index (χ0) is 22.0. The number of benzene rings is 2. The Balaban J connectivity index is 2.09. The molecule has 0 N–H and O–H groups in total. The van der Waals surface area contributed by atoms with E-state index in [1.54, 1.807) is 31.2 Å². The summed E-state index contributed by atoms with van der Waals surface area (Å²) in [5.41, 5.74) is -1.27. The SMILES string of the molecule is CC(=O)COc1ccccc1Oc1cc(-n2c(=O)cc(C)n(C)c2=O)c(F)cc1Cl. The number of carbonyl (C=O) groups is 1. The zero-order valence-electron chi connectivity index (χ0n) is 16.4. The van der Waals surface area contributed by atoms with Crippen LogP contribution in [0.2, 0.25) is 5.02 Å². The summed E-state index contributed by atoms with van der Waals surface area (Å²) in [6.45, 7) is 2.82. The minimum Gasteiger partial charge on any atom is -0.482 e. The molecule has 0 aliphatic heterocycles. The number of nitrogens with zero attached hydrogens (tertiary/aromatic N) is 2. The van der Waals surface area contributed by atoms with Crippen molar-refractivity contribution in [1.82, 2.24) is 9.13 Å². The van der Waals surface area contributed by atoms with Crippen LogP contribution in [0.15, 0.2) is 52.1 Å². The van der Waals surface area contributed by atoms with E-state index in [0.717, 1.165) is 12.1 Å². The van der Waals surface area contributed by atoms with Gasteiger partial charge in [-0.05, 0) is 32.0 Å². The molecule has 1 aromatic heterocycles. The Bertz CT molecular complexity index is 1250. The summed E-state index contributed by atoms with van der Waals surface area (Å²) in [5.74, 6) is -0.542. The van der Waals surface area contributed by atoms with Crippen molar-refractivity contribution in [2.75, 3.05) is 6.61 Å². The van der Waals surface area contributed by atoms with E-state index < -0.39 is 17.1 Å². The average molecular weight is 433 g/mol. The molecule has 30 heavy (non-hydrogen) atoms. The fourth-order valence-electron chi connectivity index (χ4n) is 2.68. The molecule has 3 aromatic rings. The predicted octanol–water partition coefficient (Wildman–Crippen LogP) is 3.40. The van der Waals surface area contributed by atoms with Gasteiger partial charge in [0.15, 0.2) is 17.3 Å². The van der Waals surface area contributed by atoms with E-state index in [9.17, 15) is 18.8 Å². The van der Waals surface area contributed by atoms with Crippen LogP contribution in [0.4, 0.5) is 4.39 Å². The van der Waals surface area contributed by atoms with Crippen molar-refractivity contribution >= 4 is 17.4 Å². The molecule has 0 aliphatic rings. The lowest BCUT2D eigenvalue weighted by Gasteiger charge is -2.15. The van der Waals surface area contributed by atoms with Gasteiger partial charge in [-0.2, -0.15) is 0 Å². The van der Waals surface area contributed by atoms with Crippen LogP contribution in [-0.4, -0.2) is 21.5 Å². The van der Waals surface area contributed by atoms with Crippen LogP contribution in [-0.2, 0) is 11.8 Å². The van der Waals surface area contributed by atoms with Gasteiger partial charge in [-0.3, -0.25) is 9.59 Å². The third-order valence-electron chi connectivity index (χ3n) is 4.30. The summed E-state index contributed by atoms with van der Waals surface area (Å²) in [6, 6.07) is 9.88. The first-order valence-electron chi connectivity index (χ1n) is 8.87. The first kappa shape index (κ1) is 21.3. The molecule has 0 saturated heterocycles. The standard InChI is InChI=1S/C21H18ClFN2O5/c1-12-8-20(27)25(21(28)24(12)3)16-10-19(14(22)9-15(16)23)30-18-7-5-4-6-17(18)29-11-13(2)26/h4-10H,11H2,1-3H3. The Hall–Kier alpha value is -3.39. The van der Waals surface area contributed by atoms with Crippen molar-refractivity contribution in [3.8, 4) is 22.9 Å². The highest BCUT2D eigenvalue weighted by atomic mass is 35.5. The maximum Gasteiger partial charge on any atom is 0.335 e. The number of Topliss-reactive ketones (excluding diaryl/α,β-unsaturated/α-hetero) is 1. The lowest BCUT2D eigenvalue weighted by molar-refractivity contribution is -0.118. The fourth-order valence-corrected chi connectivity index (χ4v) is 2.87. The number of ether oxygens (including phenoxy) is 2. The maximum atomic E-state index is 14.6. The fraction of sp³-hybridized carbons (Fsp3) is 0.190. The monoisotopic (exact) mass is 432 g/mol. The van der Waals surface area contributed by atoms with Crippen LogP contribution >= 0.6 is 11.6 Å². The van der Waals surface area contributed by atoms with Gasteiger partial charge in [-0.25, -0.2) is 13.8 Å². The van der Waals surface area contributed by atoms with Gasteiger partial charge in [-0.1, -0.05) is 23.7 Å². The first-order chi connectivity index (χ1) is 14.2. The van der Waals surface area contributed by atoms with E-state index in [4.69, 9.17) is 21.1 Å². The van der Waals surface area contributed by atoms with E-state index in [-0.39, 0.29) is 40.3 Å². The molecule has 7 nitrogen and oxygen atoms in total. The normalized spacial score (nSPS) is 10.7. The lowest BCUT2D eigenvalue weighted by atomic mass is 10.2. The molecule has 0 atom stereocenters. The highest BCUT2D eigenvalue weighted by Gasteiger charge is 2.18. The van der Waals surface area contributed by atoms with Crippen molar-refractivity contribution in [3.63, 3.8) is 0 Å². The van der Waals surface area contributed by atoms with Crippen molar-refractivity contribution in [1.29, 1.82) is 0 Å². The summed E-state index contributed by atoms with van der Waals surface area (Å²) in [5, 5.41) is -0.0744. The summed E-state index contributed by atoms with van der Waals surface area (Å²) in [4.78, 5) is 36.1. The Morgan fingerprint density at radius 3 is 2.43 bits per heavy atom. The van der Waals surface area contributed by atoms with Gasteiger partial charge >= 0.3 is 5.69 Å². The van der Waals surface area contributed by atoms with E-state index >= 15 is 0 Å². The first-order valence-corrected chi connectivity index (χ1v) is 9.25. The van der Waals surface area contributed by atoms with Gasteiger partial charge in [0, 0.05) is 24.9 Å². The molecule has 9 heteroatoms. The van der Waals surface area contributed by atoms with Crippen molar-refractivity contribution < 1.29 is 18.7 Å². The third kappa shape index (κ3) is 4.28. The Morgan fingerprint density at radius 2 is 1.77 bits per heavy atom. The molecule has 0 bridgehead atoms.